The number of rotatable bonds is 7. The number of nitrogens with one attached hydrogen (secondary N) is 2. The van der Waals surface area contributed by atoms with Crippen LogP contribution < -0.4 is 10.6 Å². The minimum absolute atomic E-state index is 0. The number of halogens is 1. The van der Waals surface area contributed by atoms with Crippen LogP contribution in [0.4, 0.5) is 0 Å². The SMILES string of the molecule is Cl.O=C(CSc1ccccc1)N[C@@H]1C(=O)N2C(C(=O)O)=C(C=C3CCN([C@@H]4CCNC4)C3=O)CS[C@H]12. The van der Waals surface area contributed by atoms with Gasteiger partial charge in [-0.3, -0.25) is 19.3 Å². The number of carbonyl (C=O) groups excluding carboxylic acids is 3. The van der Waals surface area contributed by atoms with E-state index in [1.54, 1.807) is 6.08 Å². The van der Waals surface area contributed by atoms with Gasteiger partial charge in [0.15, 0.2) is 0 Å². The molecule has 36 heavy (non-hydrogen) atoms. The lowest BCUT2D eigenvalue weighted by Gasteiger charge is -2.49. The number of amides is 3. The lowest BCUT2D eigenvalue weighted by atomic mass is 10.0. The van der Waals surface area contributed by atoms with Crippen LogP contribution in [0.25, 0.3) is 0 Å². The first-order valence-corrected chi connectivity index (χ1v) is 13.6. The Morgan fingerprint density at radius 1 is 1.25 bits per heavy atom. The summed E-state index contributed by atoms with van der Waals surface area (Å²) in [6.07, 6.45) is 3.14. The zero-order chi connectivity index (χ0) is 24.5. The van der Waals surface area contributed by atoms with Crippen molar-refractivity contribution < 1.29 is 24.3 Å². The summed E-state index contributed by atoms with van der Waals surface area (Å²) < 4.78 is 0. The van der Waals surface area contributed by atoms with Crippen LogP contribution in [-0.2, 0) is 19.2 Å². The second kappa shape index (κ2) is 11.3. The standard InChI is InChI=1S/C24H26N4O5S2.ClH/c29-18(13-34-17-4-2-1-3-5-17)26-19-22(31)28-20(24(32)33)15(12-35-23(19)28)10-14-7-9-27(21(14)30)16-6-8-25-11-16;/h1-5,10,16,19,23,25H,6-9,11-13H2,(H,26,29)(H,32,33);1H/t16-,19-,23-;/m1./s1. The van der Waals surface area contributed by atoms with Crippen LogP contribution in [0.2, 0.25) is 0 Å². The van der Waals surface area contributed by atoms with E-state index in [2.05, 4.69) is 10.6 Å². The van der Waals surface area contributed by atoms with Crippen LogP contribution in [0.5, 0.6) is 0 Å². The number of carboxylic acid groups (broad SMARTS) is 1. The van der Waals surface area contributed by atoms with Crippen molar-refractivity contribution in [3.05, 3.63) is 53.3 Å². The average Bonchev–Trinajstić information content (AvgIpc) is 3.51. The number of benzene rings is 1. The second-order valence-corrected chi connectivity index (χ2v) is 11.0. The maximum atomic E-state index is 12.9. The van der Waals surface area contributed by atoms with Gasteiger partial charge in [0.25, 0.3) is 5.91 Å². The van der Waals surface area contributed by atoms with Gasteiger partial charge in [0.2, 0.25) is 11.8 Å². The van der Waals surface area contributed by atoms with E-state index in [1.165, 1.54) is 28.4 Å². The molecule has 0 unspecified atom stereocenters. The zero-order valence-electron chi connectivity index (χ0n) is 19.3. The minimum Gasteiger partial charge on any atom is -0.477 e. The Labute approximate surface area is 223 Å². The van der Waals surface area contributed by atoms with E-state index in [0.29, 0.717) is 29.9 Å². The molecule has 3 fully saturated rings. The second-order valence-electron chi connectivity index (χ2n) is 8.80. The third-order valence-corrected chi connectivity index (χ3v) is 8.93. The predicted molar refractivity (Wildman–Crippen MR) is 140 cm³/mol. The summed E-state index contributed by atoms with van der Waals surface area (Å²) in [7, 11) is 0. The quantitative estimate of drug-likeness (QED) is 0.265. The number of nitrogens with zero attached hydrogens (tertiary/aromatic N) is 2. The van der Waals surface area contributed by atoms with Gasteiger partial charge in [-0.2, -0.15) is 0 Å². The van der Waals surface area contributed by atoms with E-state index in [1.807, 2.05) is 35.2 Å². The molecule has 3 atom stereocenters. The molecular weight excluding hydrogens is 524 g/mol. The third-order valence-electron chi connectivity index (χ3n) is 6.61. The lowest BCUT2D eigenvalue weighted by molar-refractivity contribution is -0.150. The Hall–Kier alpha value is -2.47. The molecule has 12 heteroatoms. The highest BCUT2D eigenvalue weighted by Crippen LogP contribution is 2.41. The summed E-state index contributed by atoms with van der Waals surface area (Å²) in [6, 6.07) is 8.91. The molecule has 5 rings (SSSR count). The molecule has 1 aromatic rings. The van der Waals surface area contributed by atoms with Crippen molar-refractivity contribution in [2.75, 3.05) is 31.1 Å². The first kappa shape index (κ1) is 26.6. The predicted octanol–water partition coefficient (Wildman–Crippen LogP) is 1.46. The molecular formula is C24H27ClN4O5S2. The first-order valence-electron chi connectivity index (χ1n) is 11.5. The average molecular weight is 551 g/mol. The summed E-state index contributed by atoms with van der Waals surface area (Å²) in [5.74, 6) is -1.46. The zero-order valence-corrected chi connectivity index (χ0v) is 21.8. The van der Waals surface area contributed by atoms with E-state index in [-0.39, 0.29) is 41.7 Å². The molecule has 0 saturated carbocycles. The normalized spacial score (nSPS) is 26.6. The molecule has 0 spiro atoms. The van der Waals surface area contributed by atoms with E-state index < -0.39 is 23.3 Å². The van der Waals surface area contributed by atoms with Crippen molar-refractivity contribution in [3.63, 3.8) is 0 Å². The first-order chi connectivity index (χ1) is 16.9. The number of hydrogen-bond acceptors (Lipinski definition) is 7. The van der Waals surface area contributed by atoms with Crippen LogP contribution in [-0.4, -0.2) is 87.2 Å². The molecule has 0 aliphatic carbocycles. The number of carboxylic acids is 1. The van der Waals surface area contributed by atoms with E-state index in [9.17, 15) is 24.3 Å². The molecule has 9 nitrogen and oxygen atoms in total. The van der Waals surface area contributed by atoms with E-state index >= 15 is 0 Å². The number of β-lactam (4-membered cyclic amide) rings is 1. The number of allylic oxidation sites excluding steroid dienone is 1. The van der Waals surface area contributed by atoms with Crippen LogP contribution >= 0.6 is 35.9 Å². The fourth-order valence-electron chi connectivity index (χ4n) is 4.87. The van der Waals surface area contributed by atoms with E-state index in [4.69, 9.17) is 0 Å². The number of likely N-dealkylation sites (tertiary alicyclic amines) is 1. The van der Waals surface area contributed by atoms with Gasteiger partial charge in [-0.25, -0.2) is 4.79 Å². The molecule has 3 N–H and O–H groups in total. The molecule has 4 heterocycles. The van der Waals surface area contributed by atoms with Crippen LogP contribution in [0.15, 0.2) is 58.1 Å². The molecule has 3 amide bonds. The number of thioether (sulfide) groups is 2. The number of fused-ring (bicyclic) bond motifs is 1. The van der Waals surface area contributed by atoms with Gasteiger partial charge in [0.05, 0.1) is 5.75 Å². The van der Waals surface area contributed by atoms with Gasteiger partial charge >= 0.3 is 5.97 Å². The van der Waals surface area contributed by atoms with E-state index in [0.717, 1.165) is 24.4 Å². The molecule has 192 valence electrons. The Balaban J connectivity index is 0.00000304. The van der Waals surface area contributed by atoms with Gasteiger partial charge in [-0.15, -0.1) is 35.9 Å². The summed E-state index contributed by atoms with van der Waals surface area (Å²) in [5.41, 5.74) is 0.955. The van der Waals surface area contributed by atoms with Gasteiger partial charge in [-0.05, 0) is 43.2 Å². The minimum atomic E-state index is -1.21. The maximum Gasteiger partial charge on any atom is 0.352 e. The maximum absolute atomic E-state index is 12.9. The Morgan fingerprint density at radius 3 is 2.72 bits per heavy atom. The summed E-state index contributed by atoms with van der Waals surface area (Å²) in [5, 5.41) is 15.5. The molecule has 3 saturated heterocycles. The lowest BCUT2D eigenvalue weighted by Crippen LogP contribution is -2.70. The van der Waals surface area contributed by atoms with Gasteiger partial charge in [0, 0.05) is 35.4 Å². The van der Waals surface area contributed by atoms with Crippen LogP contribution in [0.1, 0.15) is 12.8 Å². The highest BCUT2D eigenvalue weighted by molar-refractivity contribution is 8.00. The molecule has 0 aromatic heterocycles. The Morgan fingerprint density at radius 2 is 2.03 bits per heavy atom. The molecule has 0 bridgehead atoms. The highest BCUT2D eigenvalue weighted by atomic mass is 35.5. The van der Waals surface area contributed by atoms with Crippen molar-refractivity contribution in [2.45, 2.75) is 35.2 Å². The topological polar surface area (TPSA) is 119 Å². The molecule has 4 aliphatic heterocycles. The monoisotopic (exact) mass is 550 g/mol. The van der Waals surface area contributed by atoms with Crippen LogP contribution in [0, 0.1) is 0 Å². The fourth-order valence-corrected chi connectivity index (χ4v) is 6.90. The Kier molecular flexibility index (Phi) is 8.34. The highest BCUT2D eigenvalue weighted by Gasteiger charge is 2.54. The van der Waals surface area contributed by atoms with Crippen molar-refractivity contribution in [1.29, 1.82) is 0 Å². The Bertz CT molecular complexity index is 1120. The van der Waals surface area contributed by atoms with Crippen LogP contribution in [0.3, 0.4) is 0 Å². The van der Waals surface area contributed by atoms with Crippen molar-refractivity contribution in [1.82, 2.24) is 20.4 Å². The number of aliphatic carboxylic acids is 1. The molecule has 1 aromatic carbocycles. The number of carbonyl (C=O) groups is 4. The fraction of sp³-hybridized carbons (Fsp3) is 0.417. The van der Waals surface area contributed by atoms with Gasteiger partial charge < -0.3 is 20.6 Å². The summed E-state index contributed by atoms with van der Waals surface area (Å²) in [6.45, 7) is 2.29. The summed E-state index contributed by atoms with van der Waals surface area (Å²) >= 11 is 2.78. The smallest absolute Gasteiger partial charge is 0.352 e. The summed E-state index contributed by atoms with van der Waals surface area (Å²) in [4.78, 5) is 54.4. The molecule has 0 radical (unpaired) electrons. The van der Waals surface area contributed by atoms with Crippen molar-refractivity contribution >= 4 is 59.6 Å². The van der Waals surface area contributed by atoms with Crippen molar-refractivity contribution in [3.8, 4) is 0 Å². The largest absolute Gasteiger partial charge is 0.477 e. The number of hydrogen-bond donors (Lipinski definition) is 3. The van der Waals surface area contributed by atoms with Crippen molar-refractivity contribution in [2.24, 2.45) is 0 Å². The van der Waals surface area contributed by atoms with Gasteiger partial charge in [0.1, 0.15) is 17.1 Å². The third kappa shape index (κ3) is 5.15. The van der Waals surface area contributed by atoms with Gasteiger partial charge in [-0.1, -0.05) is 18.2 Å². The molecule has 4 aliphatic rings.